The predicted molar refractivity (Wildman–Crippen MR) is 81.7 cm³/mol. The van der Waals surface area contributed by atoms with Crippen LogP contribution < -0.4 is 10.1 Å². The summed E-state index contributed by atoms with van der Waals surface area (Å²) >= 11 is 0. The molecule has 2 rings (SSSR count). The van der Waals surface area contributed by atoms with E-state index in [-0.39, 0.29) is 19.4 Å². The lowest BCUT2D eigenvalue weighted by atomic mass is 10.2. The first-order valence-electron chi connectivity index (χ1n) is 7.64. The minimum Gasteiger partial charge on any atom is -0.497 e. The number of hydrogen-bond donors (Lipinski definition) is 1. The second-order valence-corrected chi connectivity index (χ2v) is 5.66. The summed E-state index contributed by atoms with van der Waals surface area (Å²) in [6.45, 7) is 0.998. The number of rotatable bonds is 4. The van der Waals surface area contributed by atoms with Crippen molar-refractivity contribution in [2.75, 3.05) is 7.11 Å². The van der Waals surface area contributed by atoms with Crippen molar-refractivity contribution in [2.24, 2.45) is 0 Å². The number of carbonyl (C=O) groups excluding carboxylic acids is 2. The van der Waals surface area contributed by atoms with Crippen LogP contribution in [0.1, 0.15) is 25.3 Å². The van der Waals surface area contributed by atoms with E-state index in [2.05, 4.69) is 5.32 Å². The average molecular weight is 360 g/mol. The Balaban J connectivity index is 2.07. The van der Waals surface area contributed by atoms with Crippen LogP contribution in [0.5, 0.6) is 5.75 Å². The highest BCUT2D eigenvalue weighted by Crippen LogP contribution is 2.35. The van der Waals surface area contributed by atoms with Gasteiger partial charge in [0, 0.05) is 6.92 Å². The molecule has 0 aliphatic carbocycles. The van der Waals surface area contributed by atoms with Gasteiger partial charge in [-0.15, -0.1) is 0 Å². The number of halogens is 3. The Hall–Kier alpha value is -2.45. The van der Waals surface area contributed by atoms with E-state index in [1.807, 2.05) is 0 Å². The van der Waals surface area contributed by atoms with Crippen LogP contribution in [-0.4, -0.2) is 42.4 Å². The van der Waals surface area contributed by atoms with E-state index in [1.54, 1.807) is 24.3 Å². The Bertz CT molecular complexity index is 619. The number of ether oxygens (including phenoxy) is 2. The van der Waals surface area contributed by atoms with E-state index in [0.717, 1.165) is 0 Å². The van der Waals surface area contributed by atoms with Gasteiger partial charge in [0.1, 0.15) is 24.6 Å². The van der Waals surface area contributed by atoms with E-state index in [4.69, 9.17) is 9.47 Å². The SMILES string of the molecule is COc1ccc(COC(=O)N2C(NC(C)=O)CCC2C(F)(F)F)cc1. The zero-order chi connectivity index (χ0) is 18.6. The molecule has 1 fully saturated rings. The average Bonchev–Trinajstić information content (AvgIpc) is 2.96. The fourth-order valence-electron chi connectivity index (χ4n) is 2.70. The molecule has 2 atom stereocenters. The summed E-state index contributed by atoms with van der Waals surface area (Å²) in [6, 6.07) is 4.60. The van der Waals surface area contributed by atoms with Gasteiger partial charge < -0.3 is 14.8 Å². The van der Waals surface area contributed by atoms with Crippen molar-refractivity contribution < 1.29 is 32.2 Å². The molecule has 9 heteroatoms. The second-order valence-electron chi connectivity index (χ2n) is 5.66. The molecule has 1 aromatic carbocycles. The minimum atomic E-state index is -4.59. The molecule has 0 radical (unpaired) electrons. The summed E-state index contributed by atoms with van der Waals surface area (Å²) in [5.41, 5.74) is 0.605. The van der Waals surface area contributed by atoms with Gasteiger partial charge in [0.25, 0.3) is 0 Å². The zero-order valence-corrected chi connectivity index (χ0v) is 13.8. The predicted octanol–water partition coefficient (Wildman–Crippen LogP) is 2.82. The van der Waals surface area contributed by atoms with Crippen LogP contribution in [0.15, 0.2) is 24.3 Å². The number of alkyl halides is 3. The van der Waals surface area contributed by atoms with Crippen LogP contribution in [-0.2, 0) is 16.1 Å². The maximum atomic E-state index is 13.2. The number of likely N-dealkylation sites (tertiary alicyclic amines) is 1. The molecule has 0 spiro atoms. The molecule has 1 aliphatic heterocycles. The number of amides is 2. The molecule has 2 unspecified atom stereocenters. The van der Waals surface area contributed by atoms with Gasteiger partial charge in [-0.05, 0) is 30.5 Å². The van der Waals surface area contributed by atoms with Crippen molar-refractivity contribution in [3.8, 4) is 5.75 Å². The standard InChI is InChI=1S/C16H19F3N2O4/c1-10(22)20-14-8-7-13(16(17,18)19)21(14)15(23)25-9-11-3-5-12(24-2)6-4-11/h3-6,13-14H,7-9H2,1-2H3,(H,20,22). The van der Waals surface area contributed by atoms with Gasteiger partial charge in [-0.3, -0.25) is 9.69 Å². The van der Waals surface area contributed by atoms with Crippen LogP contribution in [0.3, 0.4) is 0 Å². The summed E-state index contributed by atoms with van der Waals surface area (Å²) in [7, 11) is 1.50. The fraction of sp³-hybridized carbons (Fsp3) is 0.500. The number of hydrogen-bond acceptors (Lipinski definition) is 4. The Morgan fingerprint density at radius 2 is 1.88 bits per heavy atom. The van der Waals surface area contributed by atoms with E-state index < -0.39 is 30.4 Å². The number of benzene rings is 1. The number of methoxy groups -OCH3 is 1. The molecule has 1 N–H and O–H groups in total. The molecule has 25 heavy (non-hydrogen) atoms. The number of nitrogens with one attached hydrogen (secondary N) is 1. The molecule has 0 saturated carbocycles. The molecular weight excluding hydrogens is 341 g/mol. The molecule has 0 aromatic heterocycles. The van der Waals surface area contributed by atoms with Gasteiger partial charge in [-0.1, -0.05) is 12.1 Å². The van der Waals surface area contributed by atoms with Crippen molar-refractivity contribution in [1.82, 2.24) is 10.2 Å². The highest BCUT2D eigenvalue weighted by atomic mass is 19.4. The van der Waals surface area contributed by atoms with Crippen molar-refractivity contribution in [1.29, 1.82) is 0 Å². The Kier molecular flexibility index (Phi) is 5.76. The van der Waals surface area contributed by atoms with Crippen molar-refractivity contribution in [3.05, 3.63) is 29.8 Å². The quantitative estimate of drug-likeness (QED) is 0.897. The molecule has 2 amide bonds. The molecule has 1 aliphatic rings. The molecular formula is C16H19F3N2O4. The van der Waals surface area contributed by atoms with Gasteiger partial charge in [0.05, 0.1) is 7.11 Å². The topological polar surface area (TPSA) is 67.9 Å². The van der Waals surface area contributed by atoms with E-state index in [0.29, 0.717) is 16.2 Å². The summed E-state index contributed by atoms with van der Waals surface area (Å²) in [4.78, 5) is 24.0. The highest BCUT2D eigenvalue weighted by molar-refractivity contribution is 5.75. The van der Waals surface area contributed by atoms with E-state index >= 15 is 0 Å². The third kappa shape index (κ3) is 4.77. The largest absolute Gasteiger partial charge is 0.497 e. The first-order valence-corrected chi connectivity index (χ1v) is 7.64. The first kappa shape index (κ1) is 18.9. The van der Waals surface area contributed by atoms with Gasteiger partial charge >= 0.3 is 12.3 Å². The zero-order valence-electron chi connectivity index (χ0n) is 13.8. The number of carbonyl (C=O) groups is 2. The maximum Gasteiger partial charge on any atom is 0.412 e. The lowest BCUT2D eigenvalue weighted by molar-refractivity contribution is -0.175. The molecule has 1 heterocycles. The second kappa shape index (κ2) is 7.62. The van der Waals surface area contributed by atoms with Gasteiger partial charge in [0.2, 0.25) is 5.91 Å². The molecule has 6 nitrogen and oxygen atoms in total. The molecule has 138 valence electrons. The fourth-order valence-corrected chi connectivity index (χ4v) is 2.70. The van der Waals surface area contributed by atoms with E-state index in [9.17, 15) is 22.8 Å². The molecule has 0 bridgehead atoms. The molecule has 1 aromatic rings. The van der Waals surface area contributed by atoms with Crippen LogP contribution in [0.4, 0.5) is 18.0 Å². The Labute approximate surface area is 142 Å². The van der Waals surface area contributed by atoms with E-state index in [1.165, 1.54) is 14.0 Å². The normalized spacial score (nSPS) is 20.3. The third-order valence-electron chi connectivity index (χ3n) is 3.87. The van der Waals surface area contributed by atoms with Crippen molar-refractivity contribution in [3.63, 3.8) is 0 Å². The summed E-state index contributed by atoms with van der Waals surface area (Å²) in [5, 5.41) is 2.36. The lowest BCUT2D eigenvalue weighted by Crippen LogP contribution is -2.53. The summed E-state index contributed by atoms with van der Waals surface area (Å²) in [5.74, 6) is 0.0956. The molecule has 1 saturated heterocycles. The van der Waals surface area contributed by atoms with Gasteiger partial charge in [-0.25, -0.2) is 4.79 Å². The highest BCUT2D eigenvalue weighted by Gasteiger charge is 2.52. The minimum absolute atomic E-state index is 0.0153. The third-order valence-corrected chi connectivity index (χ3v) is 3.87. The van der Waals surface area contributed by atoms with Crippen molar-refractivity contribution in [2.45, 2.75) is 44.8 Å². The lowest BCUT2D eigenvalue weighted by Gasteiger charge is -2.30. The van der Waals surface area contributed by atoms with Crippen LogP contribution >= 0.6 is 0 Å². The first-order chi connectivity index (χ1) is 11.7. The Morgan fingerprint density at radius 3 is 2.40 bits per heavy atom. The van der Waals surface area contributed by atoms with Gasteiger partial charge in [-0.2, -0.15) is 13.2 Å². The number of nitrogens with zero attached hydrogens (tertiary/aromatic N) is 1. The maximum absolute atomic E-state index is 13.2. The van der Waals surface area contributed by atoms with Crippen molar-refractivity contribution >= 4 is 12.0 Å². The van der Waals surface area contributed by atoms with Gasteiger partial charge in [0.15, 0.2) is 0 Å². The smallest absolute Gasteiger partial charge is 0.412 e. The van der Waals surface area contributed by atoms with Crippen LogP contribution in [0, 0.1) is 0 Å². The van der Waals surface area contributed by atoms with Crippen LogP contribution in [0.2, 0.25) is 0 Å². The van der Waals surface area contributed by atoms with Crippen LogP contribution in [0.25, 0.3) is 0 Å². The summed E-state index contributed by atoms with van der Waals surface area (Å²) in [6.07, 6.45) is -7.01. The Morgan fingerprint density at radius 1 is 1.24 bits per heavy atom. The summed E-state index contributed by atoms with van der Waals surface area (Å²) < 4.78 is 49.5. The monoisotopic (exact) mass is 360 g/mol.